The second-order valence-electron chi connectivity index (χ2n) is 10.2. The number of nitro benzene ring substituents is 2. The van der Waals surface area contributed by atoms with E-state index in [1.165, 1.54) is 0 Å². The van der Waals surface area contributed by atoms with Crippen LogP contribution in [-0.4, -0.2) is 28.5 Å². The van der Waals surface area contributed by atoms with E-state index in [0.29, 0.717) is 28.9 Å². The molecule has 0 saturated carbocycles. The van der Waals surface area contributed by atoms with Crippen molar-refractivity contribution in [1.82, 2.24) is 0 Å². The first-order valence-corrected chi connectivity index (χ1v) is 19.5. The topological polar surface area (TPSA) is 89.5 Å². The van der Waals surface area contributed by atoms with Crippen LogP contribution in [0.15, 0.2) is 121 Å². The molecule has 15 heteroatoms. The van der Waals surface area contributed by atoms with Crippen LogP contribution in [0.2, 0.25) is 5.02 Å². The zero-order valence-electron chi connectivity index (χ0n) is 23.7. The molecule has 0 aliphatic carbocycles. The average Bonchev–Trinajstić information content (AvgIpc) is 3.04. The van der Waals surface area contributed by atoms with Crippen LogP contribution in [0.3, 0.4) is 0 Å². The first-order valence-electron chi connectivity index (χ1n) is 13.5. The van der Waals surface area contributed by atoms with Crippen molar-refractivity contribution in [3.63, 3.8) is 0 Å². The number of hydrogen-bond acceptors (Lipinski definition) is 5. The van der Waals surface area contributed by atoms with Crippen LogP contribution in [-0.2, 0) is 12.4 Å². The zero-order valence-corrected chi connectivity index (χ0v) is 27.3. The van der Waals surface area contributed by atoms with Gasteiger partial charge in [0.2, 0.25) is 0 Å². The summed E-state index contributed by atoms with van der Waals surface area (Å²) >= 11 is 0.923. The van der Waals surface area contributed by atoms with Crippen molar-refractivity contribution >= 4 is 63.7 Å². The van der Waals surface area contributed by atoms with Crippen molar-refractivity contribution < 1.29 is 36.2 Å². The van der Waals surface area contributed by atoms with Gasteiger partial charge < -0.3 is 0 Å². The summed E-state index contributed by atoms with van der Waals surface area (Å²) in [5.41, 5.74) is -7.44. The third-order valence-electron chi connectivity index (χ3n) is 7.44. The Morgan fingerprint density at radius 3 is 1.47 bits per heavy atom. The summed E-state index contributed by atoms with van der Waals surface area (Å²) in [4.78, 5) is 22.0. The minimum absolute atomic E-state index is 0.147. The molecular formula is C32H20ClF6N3O4Sn. The maximum absolute atomic E-state index is 15.1. The molecule has 0 radical (unpaired) electrons. The Morgan fingerprint density at radius 1 is 0.617 bits per heavy atom. The zero-order chi connectivity index (χ0) is 34.1. The molecule has 0 aliphatic heterocycles. The van der Waals surface area contributed by atoms with Crippen molar-refractivity contribution in [3.05, 3.63) is 158 Å². The van der Waals surface area contributed by atoms with E-state index in [1.807, 2.05) is 0 Å². The summed E-state index contributed by atoms with van der Waals surface area (Å²) in [5.74, 6) is 0. The monoisotopic (exact) mass is 779 g/mol. The molecule has 5 aromatic rings. The van der Waals surface area contributed by atoms with Gasteiger partial charge in [-0.1, -0.05) is 0 Å². The Labute approximate surface area is 272 Å². The molecule has 47 heavy (non-hydrogen) atoms. The second-order valence-corrected chi connectivity index (χ2v) is 20.9. The Balaban J connectivity index is 2.15. The summed E-state index contributed by atoms with van der Waals surface area (Å²) in [6, 6.07) is 26.6. The molecule has 0 unspecified atom stereocenters. The SMILES string of the molecule is O=[N+]([O-])c1cc([N+](=O)[O-])c([N](c2cc(C(F)(F)F)ccc2Cl)[Sn]([c]2ccccc2)([c]2ccccc2)[c]2ccccc2)c(C(F)(F)F)c1. The molecule has 0 amide bonds. The number of hydrogen-bond donors (Lipinski definition) is 0. The Kier molecular flexibility index (Phi) is 9.24. The van der Waals surface area contributed by atoms with Gasteiger partial charge in [0.15, 0.2) is 0 Å². The molecule has 7 nitrogen and oxygen atoms in total. The van der Waals surface area contributed by atoms with Gasteiger partial charge in [0.1, 0.15) is 0 Å². The van der Waals surface area contributed by atoms with Gasteiger partial charge in [0, 0.05) is 0 Å². The predicted octanol–water partition coefficient (Wildman–Crippen LogP) is 8.00. The van der Waals surface area contributed by atoms with E-state index in [0.717, 1.165) is 9.19 Å². The minimum atomic E-state index is -5.68. The Morgan fingerprint density at radius 2 is 1.09 bits per heavy atom. The molecule has 0 fully saturated rings. The fraction of sp³-hybridized carbons (Fsp3) is 0.0625. The molecule has 0 aromatic heterocycles. The van der Waals surface area contributed by atoms with E-state index in [-0.39, 0.29) is 6.07 Å². The predicted molar refractivity (Wildman–Crippen MR) is 167 cm³/mol. The molecule has 0 heterocycles. The Bertz CT molecular complexity index is 1850. The summed E-state index contributed by atoms with van der Waals surface area (Å²) < 4.78 is 90.2. The molecule has 0 aliphatic rings. The van der Waals surface area contributed by atoms with Gasteiger partial charge in [-0.3, -0.25) is 0 Å². The number of nitrogens with zero attached hydrogens (tertiary/aromatic N) is 3. The molecule has 5 rings (SSSR count). The van der Waals surface area contributed by atoms with Gasteiger partial charge in [-0.15, -0.1) is 0 Å². The van der Waals surface area contributed by atoms with Crippen LogP contribution >= 0.6 is 11.6 Å². The van der Waals surface area contributed by atoms with E-state index < -0.39 is 79.7 Å². The van der Waals surface area contributed by atoms with E-state index >= 15 is 13.2 Å². The first kappa shape index (κ1) is 33.7. The molecular weight excluding hydrogens is 759 g/mol. The van der Waals surface area contributed by atoms with Gasteiger partial charge in [-0.25, -0.2) is 0 Å². The number of rotatable bonds is 8. The fourth-order valence-corrected chi connectivity index (χ4v) is 20.0. The van der Waals surface area contributed by atoms with Gasteiger partial charge in [0.05, 0.1) is 0 Å². The van der Waals surface area contributed by atoms with Crippen LogP contribution in [0.1, 0.15) is 11.1 Å². The van der Waals surface area contributed by atoms with Crippen LogP contribution < -0.4 is 13.9 Å². The van der Waals surface area contributed by atoms with E-state index in [4.69, 9.17) is 11.6 Å². The fourth-order valence-electron chi connectivity index (χ4n) is 5.55. The molecule has 5 aromatic carbocycles. The Hall–Kier alpha value is -4.63. The van der Waals surface area contributed by atoms with Crippen LogP contribution in [0.4, 0.5) is 49.1 Å². The standard InChI is InChI=1S/C14H5ClF6N3O4.3C6H5.Sn/c15-9-2-1-6(13(16,17)18)3-10(9)22-12-8(14(19,20)21)4-7(23(25)26)5-11(12)24(27)28;3*1-2-4-6-5-3-1;/h1-5H;3*1-5H;/q-1;;;;+1. The van der Waals surface area contributed by atoms with Gasteiger partial charge in [-0.2, -0.15) is 0 Å². The molecule has 0 bridgehead atoms. The summed E-state index contributed by atoms with van der Waals surface area (Å²) in [5, 5.41) is 24.0. The van der Waals surface area contributed by atoms with Crippen molar-refractivity contribution in [2.45, 2.75) is 12.4 Å². The molecule has 0 saturated heterocycles. The number of anilines is 2. The molecule has 0 atom stereocenters. The van der Waals surface area contributed by atoms with E-state index in [2.05, 4.69) is 0 Å². The van der Waals surface area contributed by atoms with Crippen LogP contribution in [0, 0.1) is 20.2 Å². The van der Waals surface area contributed by atoms with Gasteiger partial charge >= 0.3 is 273 Å². The van der Waals surface area contributed by atoms with Crippen molar-refractivity contribution in [2.24, 2.45) is 0 Å². The van der Waals surface area contributed by atoms with Crippen LogP contribution in [0.5, 0.6) is 0 Å². The number of non-ortho nitro benzene ring substituents is 1. The third-order valence-corrected chi connectivity index (χ3v) is 21.0. The maximum atomic E-state index is 15.1. The second kappa shape index (κ2) is 12.9. The normalized spacial score (nSPS) is 12.1. The quantitative estimate of drug-likeness (QED) is 0.0690. The first-order chi connectivity index (χ1) is 22.2. The third kappa shape index (κ3) is 6.36. The van der Waals surface area contributed by atoms with Crippen molar-refractivity contribution in [1.29, 1.82) is 0 Å². The van der Waals surface area contributed by atoms with E-state index in [1.54, 1.807) is 91.0 Å². The number of benzene rings is 5. The van der Waals surface area contributed by atoms with Crippen molar-refractivity contribution in [3.8, 4) is 0 Å². The average molecular weight is 779 g/mol. The van der Waals surface area contributed by atoms with Crippen molar-refractivity contribution in [2.75, 3.05) is 3.12 Å². The number of alkyl halides is 6. The number of halogens is 7. The molecule has 0 N–H and O–H groups in total. The van der Waals surface area contributed by atoms with Gasteiger partial charge in [0.25, 0.3) is 0 Å². The summed E-state index contributed by atoms with van der Waals surface area (Å²) in [6.07, 6.45) is -10.5. The molecule has 240 valence electrons. The van der Waals surface area contributed by atoms with Gasteiger partial charge in [-0.05, 0) is 0 Å². The number of nitro groups is 2. The van der Waals surface area contributed by atoms with Crippen LogP contribution in [0.25, 0.3) is 0 Å². The summed E-state index contributed by atoms with van der Waals surface area (Å²) in [6.45, 7) is 0. The van der Waals surface area contributed by atoms with E-state index in [9.17, 15) is 33.4 Å². The summed E-state index contributed by atoms with van der Waals surface area (Å²) in [7, 11) is 0. The molecule has 0 spiro atoms.